The fourth-order valence-corrected chi connectivity index (χ4v) is 4.49. The van der Waals surface area contributed by atoms with Crippen LogP contribution in [0.1, 0.15) is 25.0 Å². The van der Waals surface area contributed by atoms with Crippen LogP contribution in [0.3, 0.4) is 0 Å². The molecule has 21 heavy (non-hydrogen) atoms. The van der Waals surface area contributed by atoms with Crippen LogP contribution < -0.4 is 5.32 Å². The van der Waals surface area contributed by atoms with E-state index < -0.39 is 10.0 Å². The maximum atomic E-state index is 13.0. The zero-order valence-electron chi connectivity index (χ0n) is 13.7. The molecule has 6 heteroatoms. The minimum absolute atomic E-state index is 0.118. The number of hydrogen-bond donors (Lipinski definition) is 1. The fraction of sp³-hybridized carbons (Fsp3) is 0.600. The van der Waals surface area contributed by atoms with Gasteiger partial charge in [-0.2, -0.15) is 4.31 Å². The Kier molecular flexibility index (Phi) is 6.19. The van der Waals surface area contributed by atoms with E-state index in [1.807, 2.05) is 46.9 Å². The monoisotopic (exact) mass is 314 g/mol. The van der Waals surface area contributed by atoms with Crippen molar-refractivity contribution in [2.45, 2.75) is 38.6 Å². The number of rotatable bonds is 7. The molecule has 0 spiro atoms. The van der Waals surface area contributed by atoms with Gasteiger partial charge in [-0.05, 0) is 51.0 Å². The highest BCUT2D eigenvalue weighted by molar-refractivity contribution is 7.89. The number of benzene rings is 1. The number of aryl methyl sites for hydroxylation is 2. The first-order chi connectivity index (χ1) is 9.75. The topological polar surface area (TPSA) is 58.6 Å². The molecule has 1 rings (SSSR count). The third-order valence-electron chi connectivity index (χ3n) is 3.41. The van der Waals surface area contributed by atoms with Crippen molar-refractivity contribution in [3.63, 3.8) is 0 Å². The van der Waals surface area contributed by atoms with Crippen LogP contribution in [-0.4, -0.2) is 46.1 Å². The van der Waals surface area contributed by atoms with Crippen LogP contribution in [0.4, 0.5) is 5.69 Å². The van der Waals surface area contributed by atoms with Gasteiger partial charge in [-0.1, -0.05) is 0 Å². The fourth-order valence-electron chi connectivity index (χ4n) is 2.46. The molecular formula is C15H26N2O3S. The van der Waals surface area contributed by atoms with Gasteiger partial charge in [-0.3, -0.25) is 0 Å². The molecule has 0 saturated heterocycles. The molecule has 120 valence electrons. The molecule has 0 unspecified atom stereocenters. The molecule has 5 nitrogen and oxygen atoms in total. The predicted octanol–water partition coefficient (Wildman–Crippen LogP) is 2.39. The molecule has 0 atom stereocenters. The number of hydrogen-bond acceptors (Lipinski definition) is 4. The van der Waals surface area contributed by atoms with Gasteiger partial charge in [-0.15, -0.1) is 0 Å². The van der Waals surface area contributed by atoms with Gasteiger partial charge in [-0.25, -0.2) is 8.42 Å². The average Bonchev–Trinajstić information content (AvgIpc) is 2.37. The normalized spacial score (nSPS) is 12.2. The third-order valence-corrected chi connectivity index (χ3v) is 5.79. The van der Waals surface area contributed by atoms with Gasteiger partial charge in [0.1, 0.15) is 0 Å². The van der Waals surface area contributed by atoms with Crippen molar-refractivity contribution in [1.82, 2.24) is 4.31 Å². The summed E-state index contributed by atoms with van der Waals surface area (Å²) in [6.45, 7) is 8.14. The van der Waals surface area contributed by atoms with Gasteiger partial charge in [0.05, 0.1) is 11.5 Å². The molecule has 0 aliphatic rings. The Morgan fingerprint density at radius 1 is 1.24 bits per heavy atom. The Balaban J connectivity index is 3.34. The first-order valence-corrected chi connectivity index (χ1v) is 8.49. The van der Waals surface area contributed by atoms with Crippen molar-refractivity contribution in [2.75, 3.05) is 32.6 Å². The van der Waals surface area contributed by atoms with Gasteiger partial charge >= 0.3 is 0 Å². The molecule has 0 heterocycles. The second kappa shape index (κ2) is 7.24. The molecule has 0 aliphatic heterocycles. The third kappa shape index (κ3) is 3.96. The molecule has 1 aromatic carbocycles. The molecule has 0 saturated carbocycles. The van der Waals surface area contributed by atoms with E-state index in [1.165, 1.54) is 4.31 Å². The summed E-state index contributed by atoms with van der Waals surface area (Å²) in [4.78, 5) is 0.395. The quantitative estimate of drug-likeness (QED) is 0.839. The molecule has 1 N–H and O–H groups in total. The molecule has 0 aliphatic carbocycles. The highest BCUT2D eigenvalue weighted by Gasteiger charge is 2.29. The molecule has 0 amide bonds. The Bertz CT molecular complexity index is 560. The smallest absolute Gasteiger partial charge is 0.243 e. The standard InChI is InChI=1S/C15H26N2O3S/c1-11(2)17(7-8-20-6)21(18,19)15-12(3)9-14(16-5)10-13(15)4/h9-11,16H,7-8H2,1-6H3. The lowest BCUT2D eigenvalue weighted by Gasteiger charge is -2.27. The first kappa shape index (κ1) is 17.9. The summed E-state index contributed by atoms with van der Waals surface area (Å²) in [6, 6.07) is 3.59. The second-order valence-corrected chi connectivity index (χ2v) is 7.22. The van der Waals surface area contributed by atoms with Crippen molar-refractivity contribution in [2.24, 2.45) is 0 Å². The van der Waals surface area contributed by atoms with Crippen LogP contribution in [0, 0.1) is 13.8 Å². The van der Waals surface area contributed by atoms with Crippen molar-refractivity contribution in [3.05, 3.63) is 23.3 Å². The molecule has 0 radical (unpaired) electrons. The first-order valence-electron chi connectivity index (χ1n) is 7.05. The van der Waals surface area contributed by atoms with E-state index in [0.717, 1.165) is 16.8 Å². The lowest BCUT2D eigenvalue weighted by molar-refractivity contribution is 0.171. The van der Waals surface area contributed by atoms with Gasteiger partial charge < -0.3 is 10.1 Å². The molecule has 0 bridgehead atoms. The minimum atomic E-state index is -3.53. The lowest BCUT2D eigenvalue weighted by Crippen LogP contribution is -2.39. The van der Waals surface area contributed by atoms with E-state index >= 15 is 0 Å². The molecular weight excluding hydrogens is 288 g/mol. The summed E-state index contributed by atoms with van der Waals surface area (Å²) in [6.07, 6.45) is 0. The predicted molar refractivity (Wildman–Crippen MR) is 86.4 cm³/mol. The van der Waals surface area contributed by atoms with E-state index in [9.17, 15) is 8.42 Å². The van der Waals surface area contributed by atoms with E-state index in [2.05, 4.69) is 5.32 Å². The van der Waals surface area contributed by atoms with Crippen molar-refractivity contribution in [3.8, 4) is 0 Å². The van der Waals surface area contributed by atoms with Gasteiger partial charge in [0.25, 0.3) is 0 Å². The number of sulfonamides is 1. The van der Waals surface area contributed by atoms with Crippen LogP contribution in [0.5, 0.6) is 0 Å². The second-order valence-electron chi connectivity index (χ2n) is 5.39. The Morgan fingerprint density at radius 3 is 2.14 bits per heavy atom. The number of nitrogens with zero attached hydrogens (tertiary/aromatic N) is 1. The summed E-state index contributed by atoms with van der Waals surface area (Å²) in [5, 5.41) is 3.05. The van der Waals surface area contributed by atoms with Crippen molar-refractivity contribution < 1.29 is 13.2 Å². The van der Waals surface area contributed by atoms with Gasteiger partial charge in [0, 0.05) is 32.4 Å². The highest BCUT2D eigenvalue weighted by Crippen LogP contribution is 2.28. The number of nitrogens with one attached hydrogen (secondary N) is 1. The molecule has 0 aromatic heterocycles. The van der Waals surface area contributed by atoms with E-state index in [-0.39, 0.29) is 6.04 Å². The summed E-state index contributed by atoms with van der Waals surface area (Å²) in [7, 11) is -0.140. The van der Waals surface area contributed by atoms with E-state index in [0.29, 0.717) is 18.0 Å². The van der Waals surface area contributed by atoms with Gasteiger partial charge in [0.15, 0.2) is 0 Å². The van der Waals surface area contributed by atoms with Crippen LogP contribution in [0.2, 0.25) is 0 Å². The SMILES string of the molecule is CNc1cc(C)c(S(=O)(=O)N(CCOC)C(C)C)c(C)c1. The summed E-state index contributed by atoms with van der Waals surface area (Å²) >= 11 is 0. The van der Waals surface area contributed by atoms with Crippen molar-refractivity contribution >= 4 is 15.7 Å². The molecule has 1 aromatic rings. The van der Waals surface area contributed by atoms with Crippen LogP contribution in [0.15, 0.2) is 17.0 Å². The average molecular weight is 314 g/mol. The zero-order valence-corrected chi connectivity index (χ0v) is 14.5. The van der Waals surface area contributed by atoms with Crippen molar-refractivity contribution in [1.29, 1.82) is 0 Å². The Labute approximate surface area is 128 Å². The summed E-state index contributed by atoms with van der Waals surface area (Å²) < 4.78 is 32.5. The number of ether oxygens (including phenoxy) is 1. The zero-order chi connectivity index (χ0) is 16.2. The van der Waals surface area contributed by atoms with Crippen LogP contribution in [0.25, 0.3) is 0 Å². The lowest BCUT2D eigenvalue weighted by atomic mass is 10.1. The Morgan fingerprint density at radius 2 is 1.76 bits per heavy atom. The van der Waals surface area contributed by atoms with Crippen LogP contribution >= 0.6 is 0 Å². The van der Waals surface area contributed by atoms with E-state index in [1.54, 1.807) is 7.11 Å². The van der Waals surface area contributed by atoms with Gasteiger partial charge in [0.2, 0.25) is 10.0 Å². The maximum absolute atomic E-state index is 13.0. The van der Waals surface area contributed by atoms with Crippen LogP contribution in [-0.2, 0) is 14.8 Å². The maximum Gasteiger partial charge on any atom is 0.243 e. The molecule has 0 fully saturated rings. The summed E-state index contributed by atoms with van der Waals surface area (Å²) in [5.41, 5.74) is 2.42. The number of methoxy groups -OCH3 is 1. The number of anilines is 1. The highest BCUT2D eigenvalue weighted by atomic mass is 32.2. The summed E-state index contributed by atoms with van der Waals surface area (Å²) in [5.74, 6) is 0. The minimum Gasteiger partial charge on any atom is -0.388 e. The Hall–Kier alpha value is -1.11. The largest absolute Gasteiger partial charge is 0.388 e. The van der Waals surface area contributed by atoms with E-state index in [4.69, 9.17) is 4.74 Å².